The van der Waals surface area contributed by atoms with E-state index in [0.29, 0.717) is 32.8 Å². The molecule has 0 aliphatic rings. The molecule has 23 heavy (non-hydrogen) atoms. The van der Waals surface area contributed by atoms with Gasteiger partial charge in [-0.3, -0.25) is 4.90 Å². The van der Waals surface area contributed by atoms with E-state index in [1.165, 1.54) is 6.39 Å². The molecule has 0 spiro atoms. The zero-order chi connectivity index (χ0) is 16.5. The molecule has 6 heteroatoms. The number of aliphatic hydroxyl groups excluding tert-OH is 1. The summed E-state index contributed by atoms with van der Waals surface area (Å²) in [5.74, 6) is 1.58. The summed E-state index contributed by atoms with van der Waals surface area (Å²) in [6.45, 7) is 4.92. The number of benzene rings is 1. The van der Waals surface area contributed by atoms with Crippen LogP contribution in [0.2, 0.25) is 0 Å². The molecule has 0 aliphatic carbocycles. The molecule has 0 bridgehead atoms. The Hall–Kier alpha value is -1.89. The molecule has 1 aromatic heterocycles. The standard InChI is InChI=1S/C17H24N2O4/c1-3-22-15-6-4-5-14(9-15)10-19(7-8-20)11-16-17(12-21-2)23-13-18-16/h4-6,9,13,20H,3,7-8,10-12H2,1-2H3. The Morgan fingerprint density at radius 3 is 2.91 bits per heavy atom. The van der Waals surface area contributed by atoms with Gasteiger partial charge in [0.1, 0.15) is 12.4 Å². The van der Waals surface area contributed by atoms with Crippen molar-refractivity contribution in [1.29, 1.82) is 0 Å². The number of oxazole rings is 1. The third-order valence-corrected chi connectivity index (χ3v) is 3.41. The zero-order valence-electron chi connectivity index (χ0n) is 13.7. The zero-order valence-corrected chi connectivity index (χ0v) is 13.7. The van der Waals surface area contributed by atoms with Crippen molar-refractivity contribution in [3.8, 4) is 5.75 Å². The molecule has 0 aliphatic heterocycles. The van der Waals surface area contributed by atoms with Crippen LogP contribution in [0.1, 0.15) is 23.9 Å². The average Bonchev–Trinajstić information content (AvgIpc) is 2.96. The number of nitrogens with zero attached hydrogens (tertiary/aromatic N) is 2. The number of hydrogen-bond acceptors (Lipinski definition) is 6. The van der Waals surface area contributed by atoms with Crippen molar-refractivity contribution in [2.24, 2.45) is 0 Å². The van der Waals surface area contributed by atoms with Crippen molar-refractivity contribution in [1.82, 2.24) is 9.88 Å². The van der Waals surface area contributed by atoms with Crippen LogP contribution in [0, 0.1) is 0 Å². The van der Waals surface area contributed by atoms with E-state index in [1.54, 1.807) is 7.11 Å². The maximum absolute atomic E-state index is 9.32. The van der Waals surface area contributed by atoms with Crippen LogP contribution in [0.25, 0.3) is 0 Å². The van der Waals surface area contributed by atoms with E-state index in [-0.39, 0.29) is 6.61 Å². The summed E-state index contributed by atoms with van der Waals surface area (Å²) in [6.07, 6.45) is 1.43. The highest BCUT2D eigenvalue weighted by Crippen LogP contribution is 2.17. The van der Waals surface area contributed by atoms with Crippen molar-refractivity contribution in [3.05, 3.63) is 47.7 Å². The van der Waals surface area contributed by atoms with Crippen LogP contribution in [-0.4, -0.2) is 41.9 Å². The van der Waals surface area contributed by atoms with Gasteiger partial charge in [-0.1, -0.05) is 12.1 Å². The minimum absolute atomic E-state index is 0.0859. The molecule has 2 rings (SSSR count). The largest absolute Gasteiger partial charge is 0.494 e. The Morgan fingerprint density at radius 2 is 2.17 bits per heavy atom. The molecular weight excluding hydrogens is 296 g/mol. The van der Waals surface area contributed by atoms with Crippen molar-refractivity contribution >= 4 is 0 Å². The van der Waals surface area contributed by atoms with Gasteiger partial charge in [0.25, 0.3) is 0 Å². The normalized spacial score (nSPS) is 11.1. The van der Waals surface area contributed by atoms with E-state index in [9.17, 15) is 5.11 Å². The predicted molar refractivity (Wildman–Crippen MR) is 86.0 cm³/mol. The molecule has 0 fully saturated rings. The molecule has 2 aromatic rings. The van der Waals surface area contributed by atoms with E-state index >= 15 is 0 Å². The maximum atomic E-state index is 9.32. The molecular formula is C17H24N2O4. The van der Waals surface area contributed by atoms with Gasteiger partial charge < -0.3 is 19.0 Å². The molecule has 126 valence electrons. The summed E-state index contributed by atoms with van der Waals surface area (Å²) in [6, 6.07) is 7.99. The van der Waals surface area contributed by atoms with Crippen LogP contribution >= 0.6 is 0 Å². The second-order valence-corrected chi connectivity index (χ2v) is 5.17. The van der Waals surface area contributed by atoms with Gasteiger partial charge in [-0.2, -0.15) is 0 Å². The number of aromatic nitrogens is 1. The molecule has 6 nitrogen and oxygen atoms in total. The Labute approximate surface area is 136 Å². The molecule has 0 saturated carbocycles. The first kappa shape index (κ1) is 17.5. The highest BCUT2D eigenvalue weighted by Gasteiger charge is 2.14. The quantitative estimate of drug-likeness (QED) is 0.724. The highest BCUT2D eigenvalue weighted by atomic mass is 16.5. The van der Waals surface area contributed by atoms with Crippen LogP contribution in [0.3, 0.4) is 0 Å². The van der Waals surface area contributed by atoms with Crippen molar-refractivity contribution < 1.29 is 19.0 Å². The number of rotatable bonds is 10. The Bertz CT molecular complexity index is 585. The lowest BCUT2D eigenvalue weighted by atomic mass is 10.2. The Kier molecular flexibility index (Phi) is 7.06. The Balaban J connectivity index is 2.06. The van der Waals surface area contributed by atoms with E-state index in [1.807, 2.05) is 31.2 Å². The van der Waals surface area contributed by atoms with Crippen molar-refractivity contribution in [3.63, 3.8) is 0 Å². The van der Waals surface area contributed by atoms with Gasteiger partial charge in [-0.15, -0.1) is 0 Å². The van der Waals surface area contributed by atoms with Gasteiger partial charge in [-0.25, -0.2) is 4.98 Å². The summed E-state index contributed by atoms with van der Waals surface area (Å²) in [5.41, 5.74) is 1.96. The molecule has 0 amide bonds. The van der Waals surface area contributed by atoms with E-state index in [4.69, 9.17) is 13.9 Å². The van der Waals surface area contributed by atoms with E-state index in [0.717, 1.165) is 22.8 Å². The first-order valence-electron chi connectivity index (χ1n) is 7.72. The summed E-state index contributed by atoms with van der Waals surface area (Å²) in [4.78, 5) is 6.36. The highest BCUT2D eigenvalue weighted by molar-refractivity contribution is 5.28. The lowest BCUT2D eigenvalue weighted by Gasteiger charge is -2.21. The SMILES string of the molecule is CCOc1cccc(CN(CCO)Cc2ncoc2COC)c1. The first-order valence-corrected chi connectivity index (χ1v) is 7.72. The number of aliphatic hydroxyl groups is 1. The van der Waals surface area contributed by atoms with Gasteiger partial charge in [0.05, 0.1) is 18.9 Å². The van der Waals surface area contributed by atoms with Gasteiger partial charge >= 0.3 is 0 Å². The second-order valence-electron chi connectivity index (χ2n) is 5.17. The van der Waals surface area contributed by atoms with E-state index in [2.05, 4.69) is 9.88 Å². The molecule has 1 heterocycles. The number of ether oxygens (including phenoxy) is 2. The third-order valence-electron chi connectivity index (χ3n) is 3.41. The lowest BCUT2D eigenvalue weighted by molar-refractivity contribution is 0.157. The summed E-state index contributed by atoms with van der Waals surface area (Å²) in [5, 5.41) is 9.32. The topological polar surface area (TPSA) is 68.0 Å². The van der Waals surface area contributed by atoms with Crippen molar-refractivity contribution in [2.45, 2.75) is 26.6 Å². The van der Waals surface area contributed by atoms with Gasteiger partial charge in [-0.05, 0) is 24.6 Å². The van der Waals surface area contributed by atoms with Gasteiger partial charge in [0.15, 0.2) is 12.2 Å². The fourth-order valence-corrected chi connectivity index (χ4v) is 2.40. The molecule has 0 radical (unpaired) electrons. The smallest absolute Gasteiger partial charge is 0.181 e. The van der Waals surface area contributed by atoms with Crippen LogP contribution in [0.5, 0.6) is 5.75 Å². The predicted octanol–water partition coefficient (Wildman–Crippen LogP) is 2.21. The summed E-state index contributed by atoms with van der Waals surface area (Å²) < 4.78 is 16.0. The lowest BCUT2D eigenvalue weighted by Crippen LogP contribution is -2.26. The van der Waals surface area contributed by atoms with Crippen molar-refractivity contribution in [2.75, 3.05) is 26.9 Å². The molecule has 1 aromatic carbocycles. The summed E-state index contributed by atoms with van der Waals surface area (Å²) >= 11 is 0. The second kappa shape index (κ2) is 9.29. The van der Waals surface area contributed by atoms with Gasteiger partial charge in [0, 0.05) is 26.7 Å². The fourth-order valence-electron chi connectivity index (χ4n) is 2.40. The van der Waals surface area contributed by atoms with Crippen LogP contribution in [0.15, 0.2) is 35.1 Å². The molecule has 1 N–H and O–H groups in total. The first-order chi connectivity index (χ1) is 11.3. The molecule has 0 unspecified atom stereocenters. The average molecular weight is 320 g/mol. The Morgan fingerprint density at radius 1 is 1.30 bits per heavy atom. The van der Waals surface area contributed by atoms with Crippen LogP contribution in [-0.2, 0) is 24.4 Å². The van der Waals surface area contributed by atoms with Crippen LogP contribution in [0.4, 0.5) is 0 Å². The van der Waals surface area contributed by atoms with E-state index < -0.39 is 0 Å². The monoisotopic (exact) mass is 320 g/mol. The number of hydrogen-bond donors (Lipinski definition) is 1. The number of methoxy groups -OCH3 is 1. The maximum Gasteiger partial charge on any atom is 0.181 e. The fraction of sp³-hybridized carbons (Fsp3) is 0.471. The van der Waals surface area contributed by atoms with Gasteiger partial charge in [0.2, 0.25) is 0 Å². The molecule has 0 atom stereocenters. The van der Waals surface area contributed by atoms with Crippen LogP contribution < -0.4 is 4.74 Å². The minimum atomic E-state index is 0.0859. The third kappa shape index (κ3) is 5.35. The minimum Gasteiger partial charge on any atom is -0.494 e. The molecule has 0 saturated heterocycles. The summed E-state index contributed by atoms with van der Waals surface area (Å²) in [7, 11) is 1.62.